The number of hydrogen-bond acceptors (Lipinski definition) is 3. The highest BCUT2D eigenvalue weighted by Gasteiger charge is 2.48. The third-order valence-corrected chi connectivity index (χ3v) is 19.1. The molecule has 0 N–H and O–H groups in total. The van der Waals surface area contributed by atoms with Crippen LogP contribution in [0.4, 0.5) is 22.0 Å². The minimum Gasteiger partial charge on any atom is -0.860 e. The van der Waals surface area contributed by atoms with Gasteiger partial charge in [-0.25, -0.2) is 13.2 Å². The van der Waals surface area contributed by atoms with Crippen LogP contribution in [0.15, 0.2) is 243 Å². The molecular formula is C54H40BF5O3P2. The SMILES string of the molecule is [O-]B([O-])Oc1c(F)c(F)c(F)c(F)c1F.c1ccc([P+](c2ccccc2)(c2ccccc2)c2ccccc2)cc1.c1ccc([P+](c2ccccc2)(c2ccccc2)c2ccccc2)cc1. The van der Waals surface area contributed by atoms with E-state index < -0.39 is 56.7 Å². The molecule has 0 aliphatic rings. The molecule has 9 aromatic carbocycles. The van der Waals surface area contributed by atoms with Crippen molar-refractivity contribution < 1.29 is 36.7 Å². The molecule has 0 aliphatic heterocycles. The van der Waals surface area contributed by atoms with Crippen molar-refractivity contribution in [2.75, 3.05) is 0 Å². The van der Waals surface area contributed by atoms with Crippen LogP contribution >= 0.6 is 14.5 Å². The van der Waals surface area contributed by atoms with Crippen LogP contribution in [0.2, 0.25) is 0 Å². The van der Waals surface area contributed by atoms with Gasteiger partial charge in [-0.15, -0.1) is 0 Å². The Bertz CT molecular complexity index is 2340. The lowest BCUT2D eigenvalue weighted by Gasteiger charge is -2.27. The van der Waals surface area contributed by atoms with Gasteiger partial charge < -0.3 is 14.7 Å². The highest BCUT2D eigenvalue weighted by Crippen LogP contribution is 2.55. The lowest BCUT2D eigenvalue weighted by molar-refractivity contribution is -0.372. The van der Waals surface area contributed by atoms with Crippen LogP contribution in [0, 0.1) is 29.1 Å². The second-order valence-corrected chi connectivity index (χ2v) is 21.1. The Labute approximate surface area is 377 Å². The van der Waals surface area contributed by atoms with Gasteiger partial charge in [-0.3, -0.25) is 0 Å². The third kappa shape index (κ3) is 9.85. The first kappa shape index (κ1) is 46.3. The fraction of sp³-hybridized carbons (Fsp3) is 0. The minimum atomic E-state index is -3.20. The first-order valence-electron chi connectivity index (χ1n) is 20.4. The molecule has 9 aromatic rings. The molecule has 0 spiro atoms. The van der Waals surface area contributed by atoms with E-state index in [-0.39, 0.29) is 0 Å². The van der Waals surface area contributed by atoms with E-state index in [1.807, 2.05) is 0 Å². The van der Waals surface area contributed by atoms with Crippen molar-refractivity contribution in [3.63, 3.8) is 0 Å². The summed E-state index contributed by atoms with van der Waals surface area (Å²) in [6, 6.07) is 87.7. The van der Waals surface area contributed by atoms with Crippen LogP contribution in [0.5, 0.6) is 5.75 Å². The number of benzene rings is 9. The molecule has 0 saturated heterocycles. The largest absolute Gasteiger partial charge is 0.860 e. The van der Waals surface area contributed by atoms with Gasteiger partial charge in [0.1, 0.15) is 64.3 Å². The summed E-state index contributed by atoms with van der Waals surface area (Å²) >= 11 is 0. The van der Waals surface area contributed by atoms with Crippen molar-refractivity contribution >= 4 is 64.3 Å². The van der Waals surface area contributed by atoms with Crippen LogP contribution in [0.25, 0.3) is 0 Å². The van der Waals surface area contributed by atoms with Gasteiger partial charge >= 0.3 is 0 Å². The smallest absolute Gasteiger partial charge is 0.205 e. The highest BCUT2D eigenvalue weighted by atomic mass is 31.2. The Hall–Kier alpha value is -6.73. The van der Waals surface area contributed by atoms with Gasteiger partial charge in [0.2, 0.25) is 29.1 Å². The molecule has 0 amide bonds. The molecular weight excluding hydrogens is 864 g/mol. The Morgan fingerprint density at radius 3 is 0.569 bits per heavy atom. The molecule has 11 heteroatoms. The molecule has 0 unspecified atom stereocenters. The van der Waals surface area contributed by atoms with Crippen molar-refractivity contribution in [3.05, 3.63) is 272 Å². The molecule has 9 rings (SSSR count). The van der Waals surface area contributed by atoms with E-state index in [9.17, 15) is 32.0 Å². The van der Waals surface area contributed by atoms with Gasteiger partial charge in [0, 0.05) is 0 Å². The van der Waals surface area contributed by atoms with Crippen molar-refractivity contribution in [2.45, 2.75) is 0 Å². The highest BCUT2D eigenvalue weighted by molar-refractivity contribution is 8.02. The van der Waals surface area contributed by atoms with Crippen molar-refractivity contribution in [2.24, 2.45) is 0 Å². The number of halogens is 5. The van der Waals surface area contributed by atoms with Crippen LogP contribution in [0.3, 0.4) is 0 Å². The molecule has 0 radical (unpaired) electrons. The van der Waals surface area contributed by atoms with Gasteiger partial charge in [-0.05, 0) is 97.1 Å². The van der Waals surface area contributed by atoms with Gasteiger partial charge in [-0.2, -0.15) is 8.78 Å². The maximum Gasteiger partial charge on any atom is 0.205 e. The van der Waals surface area contributed by atoms with E-state index in [0.29, 0.717) is 0 Å². The van der Waals surface area contributed by atoms with Crippen molar-refractivity contribution in [1.82, 2.24) is 0 Å². The monoisotopic (exact) mass is 904 g/mol. The molecule has 0 heterocycles. The first-order valence-corrected chi connectivity index (χ1v) is 24.0. The molecule has 65 heavy (non-hydrogen) atoms. The maximum absolute atomic E-state index is 12.6. The summed E-state index contributed by atoms with van der Waals surface area (Å²) < 4.78 is 65.9. The van der Waals surface area contributed by atoms with E-state index in [0.717, 1.165) is 0 Å². The van der Waals surface area contributed by atoms with Gasteiger partial charge in [-0.1, -0.05) is 146 Å². The maximum atomic E-state index is 12.6. The van der Waals surface area contributed by atoms with Crippen LogP contribution < -0.4 is 57.1 Å². The van der Waals surface area contributed by atoms with Gasteiger partial charge in [0.05, 0.1) is 0 Å². The molecule has 0 bridgehead atoms. The van der Waals surface area contributed by atoms with E-state index in [2.05, 4.69) is 247 Å². The van der Waals surface area contributed by atoms with Gasteiger partial charge in [0.25, 0.3) is 0 Å². The molecule has 3 nitrogen and oxygen atoms in total. The minimum absolute atomic E-state index is 1.39. The zero-order valence-electron chi connectivity index (χ0n) is 34.7. The average molecular weight is 905 g/mol. The predicted octanol–water partition coefficient (Wildman–Crippen LogP) is 8.08. The van der Waals surface area contributed by atoms with E-state index in [1.165, 1.54) is 42.4 Å². The molecule has 0 aromatic heterocycles. The van der Waals surface area contributed by atoms with E-state index in [1.54, 1.807) is 0 Å². The molecule has 0 atom stereocenters. The quantitative estimate of drug-likeness (QED) is 0.0459. The second kappa shape index (κ2) is 21.8. The normalized spacial score (nSPS) is 11.0. The Kier molecular flexibility index (Phi) is 15.5. The van der Waals surface area contributed by atoms with Crippen molar-refractivity contribution in [3.8, 4) is 5.75 Å². The Morgan fingerprint density at radius 1 is 0.262 bits per heavy atom. The predicted molar refractivity (Wildman–Crippen MR) is 255 cm³/mol. The summed E-state index contributed by atoms with van der Waals surface area (Å²) in [5, 5.41) is 30.8. The Balaban J connectivity index is 0.000000151. The van der Waals surface area contributed by atoms with Crippen molar-refractivity contribution in [1.29, 1.82) is 0 Å². The fourth-order valence-electron chi connectivity index (χ4n) is 7.79. The average Bonchev–Trinajstić information content (AvgIpc) is 3.38. The Morgan fingerprint density at radius 2 is 0.415 bits per heavy atom. The fourth-order valence-corrected chi connectivity index (χ4v) is 16.3. The molecule has 0 saturated carbocycles. The lowest BCUT2D eigenvalue weighted by atomic mass is 10.2. The zero-order valence-corrected chi connectivity index (χ0v) is 36.5. The summed E-state index contributed by atoms with van der Waals surface area (Å²) in [4.78, 5) is 0. The summed E-state index contributed by atoms with van der Waals surface area (Å²) in [7, 11) is -7.01. The molecule has 322 valence electrons. The topological polar surface area (TPSA) is 55.3 Å². The zero-order chi connectivity index (χ0) is 45.7. The summed E-state index contributed by atoms with van der Waals surface area (Å²) in [6.45, 7) is 0. The molecule has 0 fully saturated rings. The van der Waals surface area contributed by atoms with E-state index in [4.69, 9.17) is 0 Å². The third-order valence-electron chi connectivity index (χ3n) is 10.5. The van der Waals surface area contributed by atoms with Crippen LogP contribution in [-0.4, -0.2) is 7.32 Å². The number of rotatable bonds is 10. The molecule has 0 aliphatic carbocycles. The van der Waals surface area contributed by atoms with Crippen LogP contribution in [-0.2, 0) is 0 Å². The standard InChI is InChI=1S/2C24H20P.C6BF5O3/c2*1-5-13-21(14-6-1)25(22-15-7-2-8-16-22,23-17-9-3-10-18-23)24-19-11-4-12-20-24;8-1-2(9)4(11)6(15-7(13)14)5(12)3(1)10/h2*1-20H;/q2*+1;-2. The van der Waals surface area contributed by atoms with E-state index >= 15 is 0 Å². The summed E-state index contributed by atoms with van der Waals surface area (Å²) in [5.74, 6) is -13.6. The summed E-state index contributed by atoms with van der Waals surface area (Å²) in [6.07, 6.45) is 0. The summed E-state index contributed by atoms with van der Waals surface area (Å²) in [5.41, 5.74) is 0. The second-order valence-electron chi connectivity index (χ2n) is 14.3. The van der Waals surface area contributed by atoms with Crippen LogP contribution in [0.1, 0.15) is 0 Å². The lowest BCUT2D eigenvalue weighted by Crippen LogP contribution is -2.50. The van der Waals surface area contributed by atoms with Gasteiger partial charge in [0.15, 0.2) is 5.75 Å². The first-order chi connectivity index (χ1) is 31.7. The number of hydrogen-bond donors (Lipinski definition) is 0.